The van der Waals surface area contributed by atoms with Gasteiger partial charge >= 0.3 is 0 Å². The predicted molar refractivity (Wildman–Crippen MR) is 142 cm³/mol. The summed E-state index contributed by atoms with van der Waals surface area (Å²) in [6, 6.07) is 16.8. The third kappa shape index (κ3) is 4.89. The smallest absolute Gasteiger partial charge is 0.300 e. The van der Waals surface area contributed by atoms with Crippen LogP contribution >= 0.6 is 0 Å². The molecule has 4 rings (SSSR count). The SMILES string of the molecule is CCOc1cccc(/C(O)=C2\C(=O)C(=O)N(c3ccc(C)c(C)c3)C2c2ccc(OC)c(OCC)c2)c1. The lowest BCUT2D eigenvalue weighted by Crippen LogP contribution is -2.29. The average Bonchev–Trinajstić information content (AvgIpc) is 3.16. The molecule has 0 spiro atoms. The lowest BCUT2D eigenvalue weighted by Gasteiger charge is -2.26. The zero-order valence-electron chi connectivity index (χ0n) is 21.7. The molecule has 1 atom stereocenters. The van der Waals surface area contributed by atoms with Gasteiger partial charge in [0.1, 0.15) is 11.5 Å². The Morgan fingerprint density at radius 3 is 2.32 bits per heavy atom. The fourth-order valence-corrected chi connectivity index (χ4v) is 4.48. The number of carbonyl (C=O) groups excluding carboxylic acids is 2. The second-order valence-corrected chi connectivity index (χ2v) is 8.74. The van der Waals surface area contributed by atoms with E-state index >= 15 is 0 Å². The molecule has 1 aliphatic heterocycles. The van der Waals surface area contributed by atoms with Gasteiger partial charge in [0.15, 0.2) is 11.5 Å². The molecule has 1 heterocycles. The molecule has 1 fully saturated rings. The van der Waals surface area contributed by atoms with Gasteiger partial charge in [-0.1, -0.05) is 24.3 Å². The first kappa shape index (κ1) is 25.8. The largest absolute Gasteiger partial charge is 0.507 e. The van der Waals surface area contributed by atoms with Crippen LogP contribution in [0.1, 0.15) is 42.1 Å². The predicted octanol–water partition coefficient (Wildman–Crippen LogP) is 5.74. The Labute approximate surface area is 216 Å². The number of hydrogen-bond donors (Lipinski definition) is 1. The second kappa shape index (κ2) is 10.8. The maximum atomic E-state index is 13.5. The van der Waals surface area contributed by atoms with E-state index in [2.05, 4.69) is 0 Å². The minimum atomic E-state index is -0.886. The van der Waals surface area contributed by atoms with Gasteiger partial charge < -0.3 is 19.3 Å². The molecule has 1 aliphatic rings. The van der Waals surface area contributed by atoms with Gasteiger partial charge in [0.05, 0.1) is 31.9 Å². The molecule has 0 bridgehead atoms. The van der Waals surface area contributed by atoms with E-state index in [0.717, 1.165) is 11.1 Å². The molecule has 0 aromatic heterocycles. The Morgan fingerprint density at radius 2 is 1.65 bits per heavy atom. The summed E-state index contributed by atoms with van der Waals surface area (Å²) in [6.45, 7) is 8.51. The highest BCUT2D eigenvalue weighted by Crippen LogP contribution is 2.44. The van der Waals surface area contributed by atoms with Crippen LogP contribution in [-0.2, 0) is 9.59 Å². The molecule has 1 unspecified atom stereocenters. The highest BCUT2D eigenvalue weighted by Gasteiger charge is 2.47. The van der Waals surface area contributed by atoms with Gasteiger partial charge in [-0.05, 0) is 80.8 Å². The monoisotopic (exact) mass is 501 g/mol. The molecule has 0 saturated carbocycles. The van der Waals surface area contributed by atoms with Crippen LogP contribution in [0.15, 0.2) is 66.2 Å². The number of ether oxygens (including phenoxy) is 3. The van der Waals surface area contributed by atoms with Crippen molar-refractivity contribution in [3.63, 3.8) is 0 Å². The molecule has 1 N–H and O–H groups in total. The quantitative estimate of drug-likeness (QED) is 0.241. The molecule has 192 valence electrons. The van der Waals surface area contributed by atoms with Crippen molar-refractivity contribution >= 4 is 23.1 Å². The zero-order valence-corrected chi connectivity index (χ0v) is 21.7. The Hall–Kier alpha value is -4.26. The number of benzene rings is 3. The van der Waals surface area contributed by atoms with Crippen LogP contribution in [0.2, 0.25) is 0 Å². The van der Waals surface area contributed by atoms with Crippen molar-refractivity contribution in [1.29, 1.82) is 0 Å². The lowest BCUT2D eigenvalue weighted by molar-refractivity contribution is -0.132. The van der Waals surface area contributed by atoms with Gasteiger partial charge in [-0.3, -0.25) is 14.5 Å². The number of methoxy groups -OCH3 is 1. The summed E-state index contributed by atoms with van der Waals surface area (Å²) >= 11 is 0. The van der Waals surface area contributed by atoms with Gasteiger partial charge in [0.2, 0.25) is 0 Å². The van der Waals surface area contributed by atoms with E-state index in [1.54, 1.807) is 49.6 Å². The first-order chi connectivity index (χ1) is 17.8. The summed E-state index contributed by atoms with van der Waals surface area (Å²) in [7, 11) is 1.55. The average molecular weight is 502 g/mol. The number of anilines is 1. The van der Waals surface area contributed by atoms with Crippen molar-refractivity contribution in [1.82, 2.24) is 0 Å². The summed E-state index contributed by atoms with van der Waals surface area (Å²) in [4.78, 5) is 28.4. The van der Waals surface area contributed by atoms with Crippen molar-refractivity contribution < 1.29 is 28.9 Å². The van der Waals surface area contributed by atoms with Gasteiger partial charge in [-0.25, -0.2) is 0 Å². The summed E-state index contributed by atoms with van der Waals surface area (Å²) in [6.07, 6.45) is 0. The highest BCUT2D eigenvalue weighted by atomic mass is 16.5. The molecular weight excluding hydrogens is 470 g/mol. The third-order valence-corrected chi connectivity index (χ3v) is 6.43. The van der Waals surface area contributed by atoms with Crippen molar-refractivity contribution in [3.05, 3.63) is 88.5 Å². The van der Waals surface area contributed by atoms with Gasteiger partial charge in [-0.15, -0.1) is 0 Å². The summed E-state index contributed by atoms with van der Waals surface area (Å²) < 4.78 is 16.8. The Kier molecular flexibility index (Phi) is 7.53. The molecule has 3 aromatic carbocycles. The number of ketones is 1. The number of rotatable bonds is 8. The van der Waals surface area contributed by atoms with E-state index in [9.17, 15) is 14.7 Å². The second-order valence-electron chi connectivity index (χ2n) is 8.74. The first-order valence-electron chi connectivity index (χ1n) is 12.2. The minimum absolute atomic E-state index is 0.00973. The molecule has 1 amide bonds. The van der Waals surface area contributed by atoms with Crippen LogP contribution in [0, 0.1) is 13.8 Å². The topological polar surface area (TPSA) is 85.3 Å². The standard InChI is InChI=1S/C30H31NO6/c1-6-36-23-10-8-9-21(16-23)28(32)26-27(20-12-14-24(35-5)25(17-20)37-7-2)31(30(34)29(26)33)22-13-11-18(3)19(4)15-22/h8-17,27,32H,6-7H2,1-5H3/b28-26+. The highest BCUT2D eigenvalue weighted by molar-refractivity contribution is 6.51. The van der Waals surface area contributed by atoms with Crippen LogP contribution in [-0.4, -0.2) is 37.1 Å². The summed E-state index contributed by atoms with van der Waals surface area (Å²) in [5.74, 6) is -0.204. The van der Waals surface area contributed by atoms with E-state index in [1.807, 2.05) is 45.9 Å². The molecule has 1 saturated heterocycles. The molecular formula is C30H31NO6. The number of aliphatic hydroxyl groups is 1. The molecule has 3 aromatic rings. The molecule has 7 nitrogen and oxygen atoms in total. The Balaban J connectivity index is 1.96. The lowest BCUT2D eigenvalue weighted by atomic mass is 9.94. The number of hydrogen-bond acceptors (Lipinski definition) is 6. The maximum Gasteiger partial charge on any atom is 0.300 e. The molecule has 37 heavy (non-hydrogen) atoms. The fraction of sp³-hybridized carbons (Fsp3) is 0.267. The van der Waals surface area contributed by atoms with E-state index in [4.69, 9.17) is 14.2 Å². The Morgan fingerprint density at radius 1 is 0.892 bits per heavy atom. The molecule has 0 radical (unpaired) electrons. The number of amides is 1. The fourth-order valence-electron chi connectivity index (χ4n) is 4.48. The number of nitrogens with zero attached hydrogens (tertiary/aromatic N) is 1. The summed E-state index contributed by atoms with van der Waals surface area (Å²) in [5.41, 5.74) is 3.58. The van der Waals surface area contributed by atoms with E-state index in [-0.39, 0.29) is 11.3 Å². The van der Waals surface area contributed by atoms with Crippen molar-refractivity contribution in [3.8, 4) is 17.2 Å². The van der Waals surface area contributed by atoms with Gasteiger partial charge in [0, 0.05) is 11.3 Å². The summed E-state index contributed by atoms with van der Waals surface area (Å²) in [5, 5.41) is 11.4. The van der Waals surface area contributed by atoms with Crippen LogP contribution in [0.4, 0.5) is 5.69 Å². The normalized spacial score (nSPS) is 16.7. The van der Waals surface area contributed by atoms with Crippen LogP contribution in [0.5, 0.6) is 17.2 Å². The maximum absolute atomic E-state index is 13.5. The number of aryl methyl sites for hydroxylation is 2. The number of carbonyl (C=O) groups is 2. The van der Waals surface area contributed by atoms with Gasteiger partial charge in [0.25, 0.3) is 11.7 Å². The molecule has 0 aliphatic carbocycles. The molecule has 7 heteroatoms. The Bertz CT molecular complexity index is 1380. The van der Waals surface area contributed by atoms with Crippen molar-refractivity contribution in [2.45, 2.75) is 33.7 Å². The third-order valence-electron chi connectivity index (χ3n) is 6.43. The van der Waals surface area contributed by atoms with E-state index < -0.39 is 17.7 Å². The van der Waals surface area contributed by atoms with Crippen LogP contribution in [0.25, 0.3) is 5.76 Å². The van der Waals surface area contributed by atoms with E-state index in [1.165, 1.54) is 4.90 Å². The van der Waals surface area contributed by atoms with Crippen LogP contribution < -0.4 is 19.1 Å². The minimum Gasteiger partial charge on any atom is -0.507 e. The number of Topliss-reactive ketones (excluding diaryl/α,β-unsaturated/α-hetero) is 1. The number of aliphatic hydroxyl groups excluding tert-OH is 1. The zero-order chi connectivity index (χ0) is 26.7. The van der Waals surface area contributed by atoms with E-state index in [0.29, 0.717) is 47.3 Å². The van der Waals surface area contributed by atoms with Gasteiger partial charge in [-0.2, -0.15) is 0 Å². The van der Waals surface area contributed by atoms with Crippen molar-refractivity contribution in [2.75, 3.05) is 25.2 Å². The van der Waals surface area contributed by atoms with Crippen LogP contribution in [0.3, 0.4) is 0 Å². The van der Waals surface area contributed by atoms with Crippen molar-refractivity contribution in [2.24, 2.45) is 0 Å². The first-order valence-corrected chi connectivity index (χ1v) is 12.2.